The smallest absolute Gasteiger partial charge is 0.225 e. The Hall–Kier alpha value is -2.12. The lowest BCUT2D eigenvalue weighted by atomic mass is 10.1. The second-order valence-electron chi connectivity index (χ2n) is 6.29. The van der Waals surface area contributed by atoms with E-state index in [4.69, 9.17) is 4.74 Å². The number of ether oxygens (including phenoxy) is 1. The number of fused-ring (bicyclic) bond motifs is 1. The summed E-state index contributed by atoms with van der Waals surface area (Å²) in [5, 5.41) is 0. The van der Waals surface area contributed by atoms with Crippen molar-refractivity contribution in [3.05, 3.63) is 48.3 Å². The van der Waals surface area contributed by atoms with E-state index in [0.717, 1.165) is 38.3 Å². The van der Waals surface area contributed by atoms with E-state index in [9.17, 15) is 4.39 Å². The summed E-state index contributed by atoms with van der Waals surface area (Å²) < 4.78 is 19.0. The Kier molecular flexibility index (Phi) is 4.36. The molecule has 4 heterocycles. The van der Waals surface area contributed by atoms with Gasteiger partial charge in [0.2, 0.25) is 5.95 Å². The Morgan fingerprint density at radius 2 is 2.00 bits per heavy atom. The largest absolute Gasteiger partial charge is 0.371 e. The summed E-state index contributed by atoms with van der Waals surface area (Å²) in [6.45, 7) is 4.17. The van der Waals surface area contributed by atoms with Gasteiger partial charge in [0.25, 0.3) is 0 Å². The van der Waals surface area contributed by atoms with Gasteiger partial charge in [-0.1, -0.05) is 6.07 Å². The molecule has 2 atom stereocenters. The summed E-state index contributed by atoms with van der Waals surface area (Å²) >= 11 is 0. The van der Waals surface area contributed by atoms with Crippen LogP contribution in [-0.4, -0.2) is 58.2 Å². The standard InChI is InChI=1S/C17H20FN5O/c18-13-8-20-17(21-9-13)23-6-5-22-11-16(7-15(22)10-23)24-12-14-3-1-2-4-19-14/h1-4,8-9,15-16H,5-7,10-12H2/t15-,16+/m0/s1. The van der Waals surface area contributed by atoms with Crippen LogP contribution in [-0.2, 0) is 11.3 Å². The van der Waals surface area contributed by atoms with Crippen LogP contribution < -0.4 is 4.90 Å². The van der Waals surface area contributed by atoms with Crippen LogP contribution in [0.4, 0.5) is 10.3 Å². The van der Waals surface area contributed by atoms with E-state index in [2.05, 4.69) is 24.8 Å². The van der Waals surface area contributed by atoms with Gasteiger partial charge in [-0.2, -0.15) is 0 Å². The van der Waals surface area contributed by atoms with Gasteiger partial charge >= 0.3 is 0 Å². The summed E-state index contributed by atoms with van der Waals surface area (Å²) in [7, 11) is 0. The quantitative estimate of drug-likeness (QED) is 0.847. The van der Waals surface area contributed by atoms with Gasteiger partial charge in [0.05, 0.1) is 30.8 Å². The second kappa shape index (κ2) is 6.78. The number of nitrogens with zero attached hydrogens (tertiary/aromatic N) is 5. The molecule has 2 aromatic rings. The molecule has 0 bridgehead atoms. The van der Waals surface area contributed by atoms with Crippen molar-refractivity contribution in [2.24, 2.45) is 0 Å². The zero-order valence-corrected chi connectivity index (χ0v) is 13.4. The van der Waals surface area contributed by atoms with E-state index in [1.807, 2.05) is 18.2 Å². The lowest BCUT2D eigenvalue weighted by Crippen LogP contribution is -2.50. The third kappa shape index (κ3) is 3.37. The molecule has 0 spiro atoms. The van der Waals surface area contributed by atoms with E-state index in [1.165, 1.54) is 12.4 Å². The first-order chi connectivity index (χ1) is 11.8. The van der Waals surface area contributed by atoms with Crippen molar-refractivity contribution in [3.8, 4) is 0 Å². The lowest BCUT2D eigenvalue weighted by molar-refractivity contribution is 0.0450. The minimum atomic E-state index is -0.402. The maximum atomic E-state index is 13.0. The fraction of sp³-hybridized carbons (Fsp3) is 0.471. The molecule has 0 N–H and O–H groups in total. The summed E-state index contributed by atoms with van der Waals surface area (Å²) in [4.78, 5) is 17.1. The Labute approximate surface area is 140 Å². The highest BCUT2D eigenvalue weighted by Gasteiger charge is 2.37. The maximum Gasteiger partial charge on any atom is 0.225 e. The summed E-state index contributed by atoms with van der Waals surface area (Å²) in [6.07, 6.45) is 5.46. The SMILES string of the molecule is Fc1cnc(N2CCN3C[C@H](OCc4ccccn4)C[C@H]3C2)nc1. The summed E-state index contributed by atoms with van der Waals surface area (Å²) in [5.74, 6) is 0.204. The number of piperazine rings is 1. The number of halogens is 1. The minimum absolute atomic E-state index is 0.228. The number of rotatable bonds is 4. The zero-order chi connectivity index (χ0) is 16.4. The van der Waals surface area contributed by atoms with Gasteiger partial charge in [-0.25, -0.2) is 14.4 Å². The molecule has 0 radical (unpaired) electrons. The molecule has 4 rings (SSSR count). The van der Waals surface area contributed by atoms with Crippen molar-refractivity contribution in [1.29, 1.82) is 0 Å². The molecule has 24 heavy (non-hydrogen) atoms. The van der Waals surface area contributed by atoms with Crippen molar-refractivity contribution in [2.45, 2.75) is 25.2 Å². The van der Waals surface area contributed by atoms with Crippen molar-refractivity contribution in [2.75, 3.05) is 31.1 Å². The summed E-state index contributed by atoms with van der Waals surface area (Å²) in [5.41, 5.74) is 0.962. The fourth-order valence-corrected chi connectivity index (χ4v) is 3.45. The van der Waals surface area contributed by atoms with Gasteiger partial charge in [-0.15, -0.1) is 0 Å². The molecule has 0 unspecified atom stereocenters. The number of pyridine rings is 1. The van der Waals surface area contributed by atoms with Gasteiger partial charge in [0.15, 0.2) is 5.82 Å². The van der Waals surface area contributed by atoms with Gasteiger partial charge in [0, 0.05) is 38.4 Å². The molecule has 7 heteroatoms. The van der Waals surface area contributed by atoms with Crippen LogP contribution in [0.2, 0.25) is 0 Å². The average molecular weight is 329 g/mol. The van der Waals surface area contributed by atoms with Crippen LogP contribution >= 0.6 is 0 Å². The van der Waals surface area contributed by atoms with Crippen molar-refractivity contribution in [3.63, 3.8) is 0 Å². The normalized spacial score (nSPS) is 24.1. The Morgan fingerprint density at radius 3 is 2.79 bits per heavy atom. The van der Waals surface area contributed by atoms with Crippen LogP contribution in [0.25, 0.3) is 0 Å². The van der Waals surface area contributed by atoms with Gasteiger partial charge in [-0.3, -0.25) is 9.88 Å². The lowest BCUT2D eigenvalue weighted by Gasteiger charge is -2.37. The van der Waals surface area contributed by atoms with E-state index >= 15 is 0 Å². The van der Waals surface area contributed by atoms with Crippen LogP contribution in [0.1, 0.15) is 12.1 Å². The topological polar surface area (TPSA) is 54.4 Å². The first-order valence-electron chi connectivity index (χ1n) is 8.26. The molecule has 0 aromatic carbocycles. The highest BCUT2D eigenvalue weighted by Crippen LogP contribution is 2.26. The van der Waals surface area contributed by atoms with Crippen LogP contribution in [0.15, 0.2) is 36.8 Å². The molecule has 2 aliphatic rings. The molecule has 2 aliphatic heterocycles. The highest BCUT2D eigenvalue weighted by atomic mass is 19.1. The maximum absolute atomic E-state index is 13.0. The van der Waals surface area contributed by atoms with E-state index in [0.29, 0.717) is 18.6 Å². The Balaban J connectivity index is 1.33. The molecule has 6 nitrogen and oxygen atoms in total. The van der Waals surface area contributed by atoms with E-state index < -0.39 is 5.82 Å². The molecule has 126 valence electrons. The second-order valence-corrected chi connectivity index (χ2v) is 6.29. The molecule has 2 aromatic heterocycles. The zero-order valence-electron chi connectivity index (χ0n) is 13.4. The van der Waals surface area contributed by atoms with Crippen LogP contribution in [0.3, 0.4) is 0 Å². The molecular weight excluding hydrogens is 309 g/mol. The van der Waals surface area contributed by atoms with Crippen molar-refractivity contribution in [1.82, 2.24) is 19.9 Å². The van der Waals surface area contributed by atoms with Gasteiger partial charge in [-0.05, 0) is 18.6 Å². The van der Waals surface area contributed by atoms with Gasteiger partial charge < -0.3 is 9.64 Å². The molecular formula is C17H20FN5O. The number of aromatic nitrogens is 3. The molecule has 0 amide bonds. The predicted octanol–water partition coefficient (Wildman–Crippen LogP) is 1.49. The molecule has 2 saturated heterocycles. The monoisotopic (exact) mass is 329 g/mol. The molecule has 0 saturated carbocycles. The average Bonchev–Trinajstić information content (AvgIpc) is 3.03. The van der Waals surface area contributed by atoms with Crippen molar-refractivity contribution < 1.29 is 9.13 Å². The van der Waals surface area contributed by atoms with Crippen LogP contribution in [0, 0.1) is 5.82 Å². The number of hydrogen-bond acceptors (Lipinski definition) is 6. The molecule has 2 fully saturated rings. The predicted molar refractivity (Wildman–Crippen MR) is 87.0 cm³/mol. The highest BCUT2D eigenvalue weighted by molar-refractivity contribution is 5.30. The van der Waals surface area contributed by atoms with Crippen LogP contribution in [0.5, 0.6) is 0 Å². The third-order valence-corrected chi connectivity index (χ3v) is 4.66. The fourth-order valence-electron chi connectivity index (χ4n) is 3.45. The van der Waals surface area contributed by atoms with E-state index in [-0.39, 0.29) is 6.10 Å². The minimum Gasteiger partial charge on any atom is -0.371 e. The third-order valence-electron chi connectivity index (χ3n) is 4.66. The summed E-state index contributed by atoms with van der Waals surface area (Å²) in [6, 6.07) is 6.30. The van der Waals surface area contributed by atoms with Gasteiger partial charge in [0.1, 0.15) is 0 Å². The molecule has 0 aliphatic carbocycles. The Bertz CT molecular complexity index is 668. The van der Waals surface area contributed by atoms with E-state index in [1.54, 1.807) is 6.20 Å². The Morgan fingerprint density at radius 1 is 1.12 bits per heavy atom. The first-order valence-corrected chi connectivity index (χ1v) is 8.26. The number of anilines is 1. The number of hydrogen-bond donors (Lipinski definition) is 0. The first kappa shape index (κ1) is 15.4. The van der Waals surface area contributed by atoms with Crippen molar-refractivity contribution >= 4 is 5.95 Å².